The number of amides is 1. The average Bonchev–Trinajstić information content (AvgIpc) is 3.34. The highest BCUT2D eigenvalue weighted by atomic mass is 127. The largest absolute Gasteiger partial charge is 0.354 e. The summed E-state index contributed by atoms with van der Waals surface area (Å²) in [7, 11) is 3.93. The molecule has 5 nitrogen and oxygen atoms in total. The van der Waals surface area contributed by atoms with Crippen LogP contribution in [0.4, 0.5) is 0 Å². The summed E-state index contributed by atoms with van der Waals surface area (Å²) in [6.45, 7) is 4.83. The van der Waals surface area contributed by atoms with Gasteiger partial charge in [-0.15, -0.1) is 24.0 Å². The van der Waals surface area contributed by atoms with Crippen molar-refractivity contribution < 1.29 is 4.79 Å². The van der Waals surface area contributed by atoms with Crippen LogP contribution in [0.1, 0.15) is 45.4 Å². The van der Waals surface area contributed by atoms with Crippen LogP contribution in [0.5, 0.6) is 0 Å². The molecule has 2 fully saturated rings. The molecule has 2 aliphatic rings. The van der Waals surface area contributed by atoms with Crippen LogP contribution < -0.4 is 10.6 Å². The number of halogens is 1. The molecule has 23 heavy (non-hydrogen) atoms. The summed E-state index contributed by atoms with van der Waals surface area (Å²) >= 11 is 0. The first-order chi connectivity index (χ1) is 10.6. The van der Waals surface area contributed by atoms with E-state index in [4.69, 9.17) is 0 Å². The summed E-state index contributed by atoms with van der Waals surface area (Å²) in [5.74, 6) is 3.11. The molecule has 0 aromatic heterocycles. The predicted molar refractivity (Wildman–Crippen MR) is 106 cm³/mol. The number of hydrogen-bond acceptors (Lipinski definition) is 2. The van der Waals surface area contributed by atoms with Gasteiger partial charge in [-0.3, -0.25) is 9.79 Å². The highest BCUT2D eigenvalue weighted by Gasteiger charge is 2.29. The topological polar surface area (TPSA) is 56.7 Å². The van der Waals surface area contributed by atoms with Crippen molar-refractivity contribution in [3.63, 3.8) is 0 Å². The summed E-state index contributed by atoms with van der Waals surface area (Å²) in [5.41, 5.74) is 0. The molecular formula is C17H33IN4O. The smallest absolute Gasteiger partial charge is 0.223 e. The monoisotopic (exact) mass is 436 g/mol. The Morgan fingerprint density at radius 1 is 1.09 bits per heavy atom. The minimum absolute atomic E-state index is 0. The molecule has 0 heterocycles. The van der Waals surface area contributed by atoms with Gasteiger partial charge in [0.1, 0.15) is 0 Å². The van der Waals surface area contributed by atoms with E-state index in [1.54, 1.807) is 0 Å². The molecule has 1 amide bonds. The van der Waals surface area contributed by atoms with E-state index in [1.807, 2.05) is 7.05 Å². The van der Waals surface area contributed by atoms with Crippen molar-refractivity contribution in [1.82, 2.24) is 15.5 Å². The molecule has 0 aromatic rings. The lowest BCUT2D eigenvalue weighted by atomic mass is 9.83. The summed E-state index contributed by atoms with van der Waals surface area (Å²) in [6, 6.07) is 0. The minimum atomic E-state index is 0. The number of carbonyl (C=O) groups is 1. The first-order valence-electron chi connectivity index (χ1n) is 8.79. The predicted octanol–water partition coefficient (Wildman–Crippen LogP) is 2.46. The summed E-state index contributed by atoms with van der Waals surface area (Å²) < 4.78 is 0. The summed E-state index contributed by atoms with van der Waals surface area (Å²) in [6.07, 6.45) is 7.50. The van der Waals surface area contributed by atoms with E-state index in [9.17, 15) is 4.79 Å². The van der Waals surface area contributed by atoms with E-state index >= 15 is 0 Å². The van der Waals surface area contributed by atoms with Crippen LogP contribution in [-0.2, 0) is 4.79 Å². The van der Waals surface area contributed by atoms with Gasteiger partial charge in [0.05, 0.1) is 0 Å². The fourth-order valence-electron chi connectivity index (χ4n) is 3.22. The molecule has 0 atom stereocenters. The summed E-state index contributed by atoms with van der Waals surface area (Å²) in [5, 5.41) is 6.32. The van der Waals surface area contributed by atoms with Gasteiger partial charge in [0.2, 0.25) is 5.91 Å². The van der Waals surface area contributed by atoms with Crippen molar-refractivity contribution in [2.24, 2.45) is 22.7 Å². The lowest BCUT2D eigenvalue weighted by Gasteiger charge is -2.31. The van der Waals surface area contributed by atoms with Gasteiger partial charge >= 0.3 is 0 Å². The highest BCUT2D eigenvalue weighted by Crippen LogP contribution is 2.29. The SMILES string of the molecule is CN=C(NCCNC(=O)C1CC1)N(C)CC1CCC(C)CC1.I. The van der Waals surface area contributed by atoms with Gasteiger partial charge in [-0.25, -0.2) is 0 Å². The average molecular weight is 436 g/mol. The van der Waals surface area contributed by atoms with E-state index in [0.717, 1.165) is 43.7 Å². The maximum Gasteiger partial charge on any atom is 0.223 e. The molecule has 0 saturated heterocycles. The lowest BCUT2D eigenvalue weighted by Crippen LogP contribution is -2.44. The number of hydrogen-bond donors (Lipinski definition) is 2. The van der Waals surface area contributed by atoms with Crippen LogP contribution in [0.15, 0.2) is 4.99 Å². The van der Waals surface area contributed by atoms with Crippen LogP contribution in [0.25, 0.3) is 0 Å². The fraction of sp³-hybridized carbons (Fsp3) is 0.882. The van der Waals surface area contributed by atoms with E-state index in [1.165, 1.54) is 25.7 Å². The van der Waals surface area contributed by atoms with Crippen LogP contribution in [-0.4, -0.2) is 50.5 Å². The molecule has 2 saturated carbocycles. The van der Waals surface area contributed by atoms with Crippen LogP contribution in [0, 0.1) is 17.8 Å². The number of carbonyl (C=O) groups excluding carboxylic acids is 1. The molecule has 0 spiro atoms. The van der Waals surface area contributed by atoms with Crippen molar-refractivity contribution in [3.05, 3.63) is 0 Å². The van der Waals surface area contributed by atoms with Crippen molar-refractivity contribution in [3.8, 4) is 0 Å². The highest BCUT2D eigenvalue weighted by molar-refractivity contribution is 14.0. The number of rotatable bonds is 6. The molecule has 6 heteroatoms. The van der Waals surface area contributed by atoms with Gasteiger partial charge in [0.25, 0.3) is 0 Å². The van der Waals surface area contributed by atoms with Gasteiger partial charge in [0, 0.05) is 39.6 Å². The molecule has 2 aliphatic carbocycles. The zero-order valence-corrected chi connectivity index (χ0v) is 17.1. The number of aliphatic imine (C=N–C) groups is 1. The number of nitrogens with one attached hydrogen (secondary N) is 2. The van der Waals surface area contributed by atoms with Crippen molar-refractivity contribution >= 4 is 35.8 Å². The molecule has 2 N–H and O–H groups in total. The van der Waals surface area contributed by atoms with Gasteiger partial charge < -0.3 is 15.5 Å². The second-order valence-electron chi connectivity index (χ2n) is 7.05. The Balaban J connectivity index is 0.00000264. The van der Waals surface area contributed by atoms with E-state index in [2.05, 4.69) is 34.5 Å². The van der Waals surface area contributed by atoms with Gasteiger partial charge in [0.15, 0.2) is 5.96 Å². The molecule has 0 aromatic carbocycles. The Kier molecular flexibility index (Phi) is 9.24. The first-order valence-corrected chi connectivity index (χ1v) is 8.79. The maximum absolute atomic E-state index is 11.6. The fourth-order valence-corrected chi connectivity index (χ4v) is 3.22. The standard InChI is InChI=1S/C17H32N4O.HI/c1-13-4-6-14(7-5-13)12-21(3)17(18-2)20-11-10-19-16(22)15-8-9-15;/h13-15H,4-12H2,1-3H3,(H,18,20)(H,19,22);1H. The molecular weight excluding hydrogens is 403 g/mol. The Hall–Kier alpha value is -0.530. The van der Waals surface area contributed by atoms with Crippen molar-refractivity contribution in [2.75, 3.05) is 33.7 Å². The van der Waals surface area contributed by atoms with Crippen molar-refractivity contribution in [2.45, 2.75) is 45.4 Å². The van der Waals surface area contributed by atoms with Gasteiger partial charge in [-0.05, 0) is 37.5 Å². The quantitative estimate of drug-likeness (QED) is 0.291. The Bertz CT molecular complexity index is 390. The third kappa shape index (κ3) is 7.27. The second kappa shape index (κ2) is 10.4. The molecule has 0 radical (unpaired) electrons. The molecule has 0 aliphatic heterocycles. The number of nitrogens with zero attached hydrogens (tertiary/aromatic N) is 2. The number of guanidine groups is 1. The van der Waals surface area contributed by atoms with E-state index in [-0.39, 0.29) is 35.8 Å². The lowest BCUT2D eigenvalue weighted by molar-refractivity contribution is -0.122. The second-order valence-corrected chi connectivity index (χ2v) is 7.05. The zero-order chi connectivity index (χ0) is 15.9. The minimum Gasteiger partial charge on any atom is -0.354 e. The van der Waals surface area contributed by atoms with Crippen LogP contribution >= 0.6 is 24.0 Å². The zero-order valence-electron chi connectivity index (χ0n) is 14.8. The Morgan fingerprint density at radius 3 is 2.26 bits per heavy atom. The Morgan fingerprint density at radius 2 is 1.70 bits per heavy atom. The molecule has 2 rings (SSSR count). The van der Waals surface area contributed by atoms with Gasteiger partial charge in [-0.2, -0.15) is 0 Å². The molecule has 0 unspecified atom stereocenters. The third-order valence-corrected chi connectivity index (χ3v) is 4.90. The van der Waals surface area contributed by atoms with Crippen LogP contribution in [0.3, 0.4) is 0 Å². The Labute approximate surface area is 158 Å². The normalized spacial score (nSPS) is 24.6. The molecule has 0 bridgehead atoms. The van der Waals surface area contributed by atoms with E-state index < -0.39 is 0 Å². The van der Waals surface area contributed by atoms with Gasteiger partial charge in [-0.1, -0.05) is 19.8 Å². The summed E-state index contributed by atoms with van der Waals surface area (Å²) in [4.78, 5) is 18.1. The third-order valence-electron chi connectivity index (χ3n) is 4.90. The first kappa shape index (κ1) is 20.5. The maximum atomic E-state index is 11.6. The van der Waals surface area contributed by atoms with E-state index in [0.29, 0.717) is 6.54 Å². The van der Waals surface area contributed by atoms with Crippen LogP contribution in [0.2, 0.25) is 0 Å². The molecule has 134 valence electrons. The van der Waals surface area contributed by atoms with Crippen molar-refractivity contribution in [1.29, 1.82) is 0 Å².